The van der Waals surface area contributed by atoms with Crippen LogP contribution in [0.1, 0.15) is 24.6 Å². The van der Waals surface area contributed by atoms with Gasteiger partial charge in [-0.15, -0.1) is 24.8 Å². The lowest BCUT2D eigenvalue weighted by atomic mass is 10.0. The molecule has 0 spiro atoms. The maximum atomic E-state index is 12.5. The largest absolute Gasteiger partial charge is 0.389 e. The number of nitrogens with one attached hydrogen (secondary N) is 1. The van der Waals surface area contributed by atoms with Crippen molar-refractivity contribution >= 4 is 40.7 Å². The second-order valence-corrected chi connectivity index (χ2v) is 5.65. The predicted octanol–water partition coefficient (Wildman–Crippen LogP) is 3.98. The van der Waals surface area contributed by atoms with Gasteiger partial charge < -0.3 is 5.32 Å². The van der Waals surface area contributed by atoms with E-state index in [0.717, 1.165) is 26.2 Å². The minimum atomic E-state index is -4.13. The standard InChI is InChI=1S/C13H17BrF3N3.2ClH/c14-12-3-1-2-10(19-12)11(4-5-13(15,16)17)20-8-6-18-7-9-20;;/h1-3,11,18H,4-9H2;2*1H/t11-;;/m0../s1. The molecule has 3 nitrogen and oxygen atoms in total. The maximum absolute atomic E-state index is 12.5. The Bertz CT molecular complexity index is 443. The highest BCUT2D eigenvalue weighted by atomic mass is 79.9. The number of halogens is 6. The third-order valence-corrected chi connectivity index (χ3v) is 3.81. The van der Waals surface area contributed by atoms with Crippen molar-refractivity contribution in [3.63, 3.8) is 0 Å². The molecule has 0 bridgehead atoms. The molecule has 1 atom stereocenters. The van der Waals surface area contributed by atoms with Crippen LogP contribution in [0.4, 0.5) is 13.2 Å². The van der Waals surface area contributed by atoms with E-state index in [1.165, 1.54) is 0 Å². The van der Waals surface area contributed by atoms with Crippen LogP contribution in [0.15, 0.2) is 22.8 Å². The van der Waals surface area contributed by atoms with Gasteiger partial charge >= 0.3 is 6.18 Å². The first-order chi connectivity index (χ1) is 9.46. The van der Waals surface area contributed by atoms with Gasteiger partial charge in [-0.05, 0) is 34.5 Å². The molecule has 0 radical (unpaired) electrons. The summed E-state index contributed by atoms with van der Waals surface area (Å²) in [6.07, 6.45) is -4.86. The molecule has 0 aliphatic carbocycles. The fourth-order valence-electron chi connectivity index (χ4n) is 2.42. The second-order valence-electron chi connectivity index (χ2n) is 4.84. The van der Waals surface area contributed by atoms with Crippen LogP contribution in [0.25, 0.3) is 0 Å². The van der Waals surface area contributed by atoms with Crippen molar-refractivity contribution in [1.29, 1.82) is 0 Å². The first kappa shape index (κ1) is 21.9. The molecule has 2 rings (SSSR count). The number of hydrogen-bond donors (Lipinski definition) is 1. The van der Waals surface area contributed by atoms with Crippen molar-refractivity contribution < 1.29 is 13.2 Å². The summed E-state index contributed by atoms with van der Waals surface area (Å²) in [5, 5.41) is 3.21. The summed E-state index contributed by atoms with van der Waals surface area (Å²) in [6.45, 7) is 3.10. The average Bonchev–Trinajstić information content (AvgIpc) is 2.39. The molecule has 0 saturated carbocycles. The molecule has 1 aromatic rings. The first-order valence-electron chi connectivity index (χ1n) is 6.60. The van der Waals surface area contributed by atoms with E-state index in [2.05, 4.69) is 31.1 Å². The van der Waals surface area contributed by atoms with E-state index in [4.69, 9.17) is 0 Å². The SMILES string of the molecule is Cl.Cl.FC(F)(F)CC[C@@H](c1cccc(Br)n1)N1CCNCC1. The number of piperazine rings is 1. The van der Waals surface area contributed by atoms with Gasteiger partial charge in [0, 0.05) is 32.6 Å². The third-order valence-electron chi connectivity index (χ3n) is 3.37. The summed E-state index contributed by atoms with van der Waals surface area (Å²) in [5.41, 5.74) is 0.700. The number of nitrogens with zero attached hydrogens (tertiary/aromatic N) is 2. The summed E-state index contributed by atoms with van der Waals surface area (Å²) < 4.78 is 38.2. The zero-order chi connectivity index (χ0) is 14.6. The molecule has 1 aliphatic rings. The Morgan fingerprint density at radius 3 is 2.41 bits per heavy atom. The van der Waals surface area contributed by atoms with Crippen LogP contribution in [0.3, 0.4) is 0 Å². The Kier molecular flexibility index (Phi) is 9.89. The van der Waals surface area contributed by atoms with E-state index >= 15 is 0 Å². The lowest BCUT2D eigenvalue weighted by molar-refractivity contribution is -0.138. The van der Waals surface area contributed by atoms with Gasteiger partial charge in [-0.3, -0.25) is 4.90 Å². The number of alkyl halides is 3. The van der Waals surface area contributed by atoms with Gasteiger partial charge in [0.05, 0.1) is 11.7 Å². The van der Waals surface area contributed by atoms with Crippen LogP contribution >= 0.6 is 40.7 Å². The van der Waals surface area contributed by atoms with Gasteiger partial charge in [-0.1, -0.05) is 6.07 Å². The minimum Gasteiger partial charge on any atom is -0.314 e. The van der Waals surface area contributed by atoms with Gasteiger partial charge in [0.2, 0.25) is 0 Å². The number of rotatable bonds is 4. The van der Waals surface area contributed by atoms with E-state index < -0.39 is 12.6 Å². The van der Waals surface area contributed by atoms with Crippen LogP contribution in [-0.4, -0.2) is 42.2 Å². The zero-order valence-corrected chi connectivity index (χ0v) is 15.0. The number of hydrogen-bond acceptors (Lipinski definition) is 3. The summed E-state index contributed by atoms with van der Waals surface area (Å²) in [4.78, 5) is 6.42. The Morgan fingerprint density at radius 2 is 1.86 bits per heavy atom. The van der Waals surface area contributed by atoms with Crippen LogP contribution in [0, 0.1) is 0 Å². The number of aromatic nitrogens is 1. The average molecular weight is 425 g/mol. The van der Waals surface area contributed by atoms with Gasteiger partial charge in [0.15, 0.2) is 0 Å². The van der Waals surface area contributed by atoms with Crippen molar-refractivity contribution in [3.05, 3.63) is 28.5 Å². The van der Waals surface area contributed by atoms with E-state index in [1.54, 1.807) is 12.1 Å². The monoisotopic (exact) mass is 423 g/mol. The molecule has 1 aromatic heterocycles. The Morgan fingerprint density at radius 1 is 1.23 bits per heavy atom. The Labute approximate surface area is 149 Å². The molecule has 0 unspecified atom stereocenters. The smallest absolute Gasteiger partial charge is 0.314 e. The van der Waals surface area contributed by atoms with Crippen LogP contribution in [0.5, 0.6) is 0 Å². The maximum Gasteiger partial charge on any atom is 0.389 e. The van der Waals surface area contributed by atoms with E-state index in [1.807, 2.05) is 6.07 Å². The highest BCUT2D eigenvalue weighted by Gasteiger charge is 2.31. The topological polar surface area (TPSA) is 28.2 Å². The quantitative estimate of drug-likeness (QED) is 0.741. The molecule has 1 aliphatic heterocycles. The van der Waals surface area contributed by atoms with Crippen molar-refractivity contribution in [2.45, 2.75) is 25.1 Å². The lowest BCUT2D eigenvalue weighted by Crippen LogP contribution is -2.45. The normalized spacial score (nSPS) is 17.3. The van der Waals surface area contributed by atoms with Gasteiger partial charge in [0.25, 0.3) is 0 Å². The van der Waals surface area contributed by atoms with E-state index in [0.29, 0.717) is 10.3 Å². The fourth-order valence-corrected chi connectivity index (χ4v) is 2.78. The van der Waals surface area contributed by atoms with Crippen LogP contribution < -0.4 is 5.32 Å². The van der Waals surface area contributed by atoms with Crippen molar-refractivity contribution in [2.24, 2.45) is 0 Å². The Balaban J connectivity index is 0.00000220. The van der Waals surface area contributed by atoms with Crippen molar-refractivity contribution in [1.82, 2.24) is 15.2 Å². The molecule has 0 aromatic carbocycles. The van der Waals surface area contributed by atoms with E-state index in [-0.39, 0.29) is 37.3 Å². The zero-order valence-electron chi connectivity index (χ0n) is 11.8. The van der Waals surface area contributed by atoms with Gasteiger partial charge in [-0.2, -0.15) is 13.2 Å². The van der Waals surface area contributed by atoms with Gasteiger partial charge in [-0.25, -0.2) is 4.98 Å². The highest BCUT2D eigenvalue weighted by molar-refractivity contribution is 9.10. The minimum absolute atomic E-state index is 0. The molecular formula is C13H19BrCl2F3N3. The molecule has 128 valence electrons. The molecular weight excluding hydrogens is 406 g/mol. The molecule has 22 heavy (non-hydrogen) atoms. The van der Waals surface area contributed by atoms with Gasteiger partial charge in [0.1, 0.15) is 4.60 Å². The predicted molar refractivity (Wildman–Crippen MR) is 88.9 cm³/mol. The lowest BCUT2D eigenvalue weighted by Gasteiger charge is -2.34. The highest BCUT2D eigenvalue weighted by Crippen LogP contribution is 2.31. The van der Waals surface area contributed by atoms with Crippen LogP contribution in [0.2, 0.25) is 0 Å². The van der Waals surface area contributed by atoms with Crippen molar-refractivity contribution in [3.8, 4) is 0 Å². The summed E-state index contributed by atoms with van der Waals surface area (Å²) >= 11 is 3.28. The summed E-state index contributed by atoms with van der Waals surface area (Å²) in [6, 6.07) is 5.11. The Hall–Kier alpha value is -0.0800. The third kappa shape index (κ3) is 7.00. The molecule has 2 heterocycles. The first-order valence-corrected chi connectivity index (χ1v) is 7.39. The molecule has 1 N–H and O–H groups in total. The van der Waals surface area contributed by atoms with Crippen LogP contribution in [-0.2, 0) is 0 Å². The fraction of sp³-hybridized carbons (Fsp3) is 0.615. The molecule has 0 amide bonds. The van der Waals surface area contributed by atoms with Crippen molar-refractivity contribution in [2.75, 3.05) is 26.2 Å². The summed E-state index contributed by atoms with van der Waals surface area (Å²) in [7, 11) is 0. The molecule has 9 heteroatoms. The summed E-state index contributed by atoms with van der Waals surface area (Å²) in [5.74, 6) is 0. The second kappa shape index (κ2) is 9.93. The van der Waals surface area contributed by atoms with E-state index in [9.17, 15) is 13.2 Å². The molecule has 1 saturated heterocycles. The number of pyridine rings is 1. The molecule has 1 fully saturated rings.